The quantitative estimate of drug-likeness (QED) is 0.410. The highest BCUT2D eigenvalue weighted by atomic mass is 32.1. The van der Waals surface area contributed by atoms with Crippen LogP contribution in [0.2, 0.25) is 0 Å². The first-order chi connectivity index (χ1) is 15.9. The van der Waals surface area contributed by atoms with Gasteiger partial charge < -0.3 is 4.74 Å². The van der Waals surface area contributed by atoms with Gasteiger partial charge in [-0.25, -0.2) is 8.78 Å². The number of halogens is 2. The molecule has 0 aliphatic rings. The van der Waals surface area contributed by atoms with Gasteiger partial charge in [-0.2, -0.15) is 0 Å². The van der Waals surface area contributed by atoms with E-state index in [4.69, 9.17) is 4.74 Å². The Balaban J connectivity index is 1.82. The highest BCUT2D eigenvalue weighted by Gasteiger charge is 2.10. The number of carbonyl (C=O) groups excluding carboxylic acids is 1. The third-order valence-electron chi connectivity index (χ3n) is 4.96. The summed E-state index contributed by atoms with van der Waals surface area (Å²) < 4.78 is 34.3. The third-order valence-corrected chi connectivity index (χ3v) is 6.02. The maximum Gasteiger partial charge on any atom is 0.269 e. The van der Waals surface area contributed by atoms with Crippen LogP contribution in [0, 0.1) is 11.6 Å². The Bertz CT molecular complexity index is 1470. The van der Waals surface area contributed by atoms with Gasteiger partial charge in [-0.05, 0) is 65.7 Å². The Morgan fingerprint density at radius 2 is 1.73 bits per heavy atom. The van der Waals surface area contributed by atoms with E-state index in [2.05, 4.69) is 0 Å². The highest BCUT2D eigenvalue weighted by molar-refractivity contribution is 7.07. The molecule has 4 rings (SSSR count). The first kappa shape index (κ1) is 22.4. The number of rotatable bonds is 6. The Kier molecular flexibility index (Phi) is 6.60. The van der Waals surface area contributed by atoms with Crippen LogP contribution >= 0.6 is 11.3 Å². The van der Waals surface area contributed by atoms with Crippen molar-refractivity contribution in [2.75, 3.05) is 7.11 Å². The number of carbonyl (C=O) groups is 1. The van der Waals surface area contributed by atoms with Crippen molar-refractivity contribution in [2.24, 2.45) is 0 Å². The van der Waals surface area contributed by atoms with Gasteiger partial charge in [0, 0.05) is 11.6 Å². The minimum absolute atomic E-state index is 0.103. The molecular formula is C26H19F2NO3S. The molecule has 3 aromatic carbocycles. The Hall–Kier alpha value is -3.84. The predicted molar refractivity (Wildman–Crippen MR) is 125 cm³/mol. The summed E-state index contributed by atoms with van der Waals surface area (Å²) in [4.78, 5) is 26.1. The normalized spacial score (nSPS) is 12.2. The number of benzene rings is 3. The average Bonchev–Trinajstić information content (AvgIpc) is 3.09. The largest absolute Gasteiger partial charge is 0.497 e. The Labute approximate surface area is 192 Å². The summed E-state index contributed by atoms with van der Waals surface area (Å²) >= 11 is 1.15. The zero-order valence-electron chi connectivity index (χ0n) is 17.6. The fraction of sp³-hybridized carbons (Fsp3) is 0.0769. The molecule has 0 bridgehead atoms. The van der Waals surface area contributed by atoms with Crippen molar-refractivity contribution >= 4 is 29.3 Å². The van der Waals surface area contributed by atoms with Crippen molar-refractivity contribution < 1.29 is 18.3 Å². The molecule has 0 unspecified atom stereocenters. The Morgan fingerprint density at radius 3 is 2.39 bits per heavy atom. The van der Waals surface area contributed by atoms with Crippen LogP contribution in [0.3, 0.4) is 0 Å². The molecule has 0 N–H and O–H groups in total. The van der Waals surface area contributed by atoms with Crippen LogP contribution in [0.25, 0.3) is 12.2 Å². The molecule has 0 fully saturated rings. The lowest BCUT2D eigenvalue weighted by Crippen LogP contribution is -2.32. The Morgan fingerprint density at radius 1 is 1.00 bits per heavy atom. The van der Waals surface area contributed by atoms with Crippen molar-refractivity contribution in [1.29, 1.82) is 0 Å². The van der Waals surface area contributed by atoms with Crippen molar-refractivity contribution in [3.05, 3.63) is 121 Å². The molecule has 0 amide bonds. The van der Waals surface area contributed by atoms with Crippen molar-refractivity contribution in [3.63, 3.8) is 0 Å². The lowest BCUT2D eigenvalue weighted by Gasteiger charge is -2.03. The van der Waals surface area contributed by atoms with Gasteiger partial charge in [0.05, 0.1) is 18.2 Å². The summed E-state index contributed by atoms with van der Waals surface area (Å²) in [5.74, 6) is -0.434. The van der Waals surface area contributed by atoms with E-state index < -0.39 is 5.82 Å². The summed E-state index contributed by atoms with van der Waals surface area (Å²) in [7, 11) is 1.54. The lowest BCUT2D eigenvalue weighted by atomic mass is 10.1. The number of methoxy groups -OCH3 is 1. The molecule has 7 heteroatoms. The topological polar surface area (TPSA) is 48.3 Å². The number of ketones is 1. The minimum Gasteiger partial charge on any atom is -0.497 e. The van der Waals surface area contributed by atoms with E-state index in [1.54, 1.807) is 61.7 Å². The molecule has 1 heterocycles. The van der Waals surface area contributed by atoms with E-state index in [-0.39, 0.29) is 23.7 Å². The molecule has 33 heavy (non-hydrogen) atoms. The van der Waals surface area contributed by atoms with Gasteiger partial charge in [-0.15, -0.1) is 11.3 Å². The molecular weight excluding hydrogens is 444 g/mol. The van der Waals surface area contributed by atoms with Crippen LogP contribution in [0.15, 0.2) is 77.6 Å². The molecule has 0 radical (unpaired) electrons. The highest BCUT2D eigenvalue weighted by Crippen LogP contribution is 2.12. The maximum absolute atomic E-state index is 13.7. The first-order valence-corrected chi connectivity index (χ1v) is 10.9. The van der Waals surface area contributed by atoms with Gasteiger partial charge in [0.2, 0.25) is 0 Å². The molecule has 0 aliphatic heterocycles. The van der Waals surface area contributed by atoms with E-state index in [1.807, 2.05) is 0 Å². The molecule has 166 valence electrons. The van der Waals surface area contributed by atoms with E-state index in [0.29, 0.717) is 31.6 Å². The van der Waals surface area contributed by atoms with Gasteiger partial charge in [-0.1, -0.05) is 24.3 Å². The monoisotopic (exact) mass is 463 g/mol. The number of thiazole rings is 1. The zero-order valence-corrected chi connectivity index (χ0v) is 18.4. The number of ether oxygens (including phenoxy) is 1. The van der Waals surface area contributed by atoms with E-state index in [0.717, 1.165) is 11.3 Å². The minimum atomic E-state index is -0.409. The fourth-order valence-corrected chi connectivity index (χ4v) is 4.31. The molecule has 0 saturated heterocycles. The number of nitrogens with zero attached hydrogens (tertiary/aromatic N) is 1. The number of aromatic nitrogens is 1. The second kappa shape index (κ2) is 9.75. The summed E-state index contributed by atoms with van der Waals surface area (Å²) in [6.07, 6.45) is 3.04. The van der Waals surface area contributed by atoms with E-state index in [9.17, 15) is 18.4 Å². The van der Waals surface area contributed by atoms with Crippen molar-refractivity contribution in [2.45, 2.75) is 6.54 Å². The van der Waals surface area contributed by atoms with Crippen LogP contribution < -0.4 is 19.5 Å². The predicted octanol–water partition coefficient (Wildman–Crippen LogP) is 3.74. The smallest absolute Gasteiger partial charge is 0.269 e. The molecule has 4 aromatic rings. The second-order valence-corrected chi connectivity index (χ2v) is 8.32. The molecule has 4 nitrogen and oxygen atoms in total. The molecule has 0 atom stereocenters. The van der Waals surface area contributed by atoms with Crippen LogP contribution in [-0.2, 0) is 6.54 Å². The standard InChI is InChI=1S/C26H19F2NO3S/c1-32-22-11-7-19(8-12-22)23(30)15-25-29(16-18-3-2-4-21(28)13-18)26(31)24(33-25)14-17-5-9-20(27)10-6-17/h2-15H,16H2,1H3/b24-14-,25-15+. The van der Waals surface area contributed by atoms with Gasteiger partial charge in [-0.3, -0.25) is 14.2 Å². The van der Waals surface area contributed by atoms with Gasteiger partial charge in [0.25, 0.3) is 5.56 Å². The molecule has 0 aliphatic carbocycles. The SMILES string of the molecule is COc1ccc(C(=O)/C=c2/s/c(=C\c3ccc(F)cc3)c(=O)n2Cc2cccc(F)c2)cc1. The molecule has 0 spiro atoms. The lowest BCUT2D eigenvalue weighted by molar-refractivity contribution is 0.106. The molecule has 0 saturated carbocycles. The summed E-state index contributed by atoms with van der Waals surface area (Å²) in [6, 6.07) is 18.4. The average molecular weight is 464 g/mol. The van der Waals surface area contributed by atoms with Crippen LogP contribution in [0.4, 0.5) is 8.78 Å². The van der Waals surface area contributed by atoms with Gasteiger partial charge in [0.1, 0.15) is 22.0 Å². The number of hydrogen-bond donors (Lipinski definition) is 0. The van der Waals surface area contributed by atoms with E-state index in [1.165, 1.54) is 34.9 Å². The fourth-order valence-electron chi connectivity index (χ4n) is 3.27. The van der Waals surface area contributed by atoms with Crippen molar-refractivity contribution in [1.82, 2.24) is 4.57 Å². The summed E-state index contributed by atoms with van der Waals surface area (Å²) in [6.45, 7) is 0.103. The zero-order chi connectivity index (χ0) is 23.4. The number of hydrogen-bond acceptors (Lipinski definition) is 4. The summed E-state index contributed by atoms with van der Waals surface area (Å²) in [5, 5.41) is 0. The maximum atomic E-state index is 13.7. The summed E-state index contributed by atoms with van der Waals surface area (Å²) in [5.41, 5.74) is 1.37. The second-order valence-electron chi connectivity index (χ2n) is 7.26. The van der Waals surface area contributed by atoms with Crippen LogP contribution in [0.5, 0.6) is 5.75 Å². The van der Waals surface area contributed by atoms with Crippen molar-refractivity contribution in [3.8, 4) is 5.75 Å². The number of Topliss-reactive ketones (excluding diaryl/α,β-unsaturated/α-hetero) is 1. The van der Waals surface area contributed by atoms with Crippen LogP contribution in [0.1, 0.15) is 21.5 Å². The van der Waals surface area contributed by atoms with Gasteiger partial charge in [0.15, 0.2) is 5.78 Å². The molecule has 1 aromatic heterocycles. The van der Waals surface area contributed by atoms with Crippen LogP contribution in [-0.4, -0.2) is 17.5 Å². The first-order valence-electron chi connectivity index (χ1n) is 10.0. The van der Waals surface area contributed by atoms with Gasteiger partial charge >= 0.3 is 0 Å². The third kappa shape index (κ3) is 5.32. The van der Waals surface area contributed by atoms with E-state index >= 15 is 0 Å².